The molecule has 2 aliphatic rings. The summed E-state index contributed by atoms with van der Waals surface area (Å²) in [6, 6.07) is 12.3. The molecule has 3 unspecified atom stereocenters. The van der Waals surface area contributed by atoms with Gasteiger partial charge in [-0.2, -0.15) is 0 Å². The summed E-state index contributed by atoms with van der Waals surface area (Å²) in [6.07, 6.45) is 2.81. The number of nitrogens with zero attached hydrogens (tertiary/aromatic N) is 1. The van der Waals surface area contributed by atoms with E-state index >= 15 is 0 Å². The second-order valence-electron chi connectivity index (χ2n) is 6.63. The van der Waals surface area contributed by atoms with Gasteiger partial charge in [-0.05, 0) is 39.7 Å². The molecule has 94 valence electrons. The molecule has 1 aromatic carbocycles. The topological polar surface area (TPSA) is 12.9 Å². The maximum atomic E-state index is 6.71. The molecule has 2 aliphatic carbocycles. The number of pyridine rings is 1. The second kappa shape index (κ2) is 3.39. The molecule has 1 saturated carbocycles. The van der Waals surface area contributed by atoms with Crippen molar-refractivity contribution in [3.05, 3.63) is 53.7 Å². The van der Waals surface area contributed by atoms with E-state index in [0.29, 0.717) is 0 Å². The number of benzene rings is 1. The standard InChI is InChI=1S/C17H15B2N/c1-15-10-17(15,19)12-8-9-20-14(13(12)16(15,2)18)11-6-4-3-5-7-11/h3-9H,10H2,1-2H3. The minimum absolute atomic E-state index is 0.0606. The first-order valence-electron chi connectivity index (χ1n) is 7.05. The molecule has 4 radical (unpaired) electrons. The Morgan fingerprint density at radius 3 is 2.45 bits per heavy atom. The van der Waals surface area contributed by atoms with Gasteiger partial charge < -0.3 is 0 Å². The van der Waals surface area contributed by atoms with Gasteiger partial charge in [0.05, 0.1) is 21.4 Å². The Kier molecular flexibility index (Phi) is 2.08. The minimum Gasteiger partial charge on any atom is -0.256 e. The van der Waals surface area contributed by atoms with Gasteiger partial charge in [0.15, 0.2) is 0 Å². The lowest BCUT2D eigenvalue weighted by Gasteiger charge is -2.32. The van der Waals surface area contributed by atoms with Crippen LogP contribution < -0.4 is 0 Å². The molecule has 0 N–H and O–H groups in total. The van der Waals surface area contributed by atoms with E-state index in [0.717, 1.165) is 23.2 Å². The molecule has 0 bridgehead atoms. The highest BCUT2D eigenvalue weighted by Gasteiger charge is 2.73. The SMILES string of the molecule is [B]C1(C)c2c(ccnc2-c2ccccc2)C2([B])CC12C. The van der Waals surface area contributed by atoms with E-state index < -0.39 is 5.31 Å². The molecule has 0 aliphatic heterocycles. The van der Waals surface area contributed by atoms with Crippen molar-refractivity contribution in [2.75, 3.05) is 0 Å². The third-order valence-corrected chi connectivity index (χ3v) is 5.64. The van der Waals surface area contributed by atoms with Crippen LogP contribution in [-0.2, 0) is 10.6 Å². The van der Waals surface area contributed by atoms with Crippen LogP contribution >= 0.6 is 0 Å². The molecule has 20 heavy (non-hydrogen) atoms. The summed E-state index contributed by atoms with van der Waals surface area (Å²) in [5.74, 6) is 0. The highest BCUT2D eigenvalue weighted by molar-refractivity contribution is 6.26. The molecule has 1 heterocycles. The summed E-state index contributed by atoms with van der Waals surface area (Å²) in [5, 5.41) is -0.713. The molecule has 0 saturated heterocycles. The van der Waals surface area contributed by atoms with Crippen LogP contribution in [0.2, 0.25) is 0 Å². The van der Waals surface area contributed by atoms with Crippen LogP contribution in [0.5, 0.6) is 0 Å². The number of fused-ring (bicyclic) bond motifs is 3. The first-order chi connectivity index (χ1) is 9.42. The van der Waals surface area contributed by atoms with Crippen molar-refractivity contribution in [2.45, 2.75) is 30.9 Å². The van der Waals surface area contributed by atoms with Crippen molar-refractivity contribution < 1.29 is 0 Å². The quantitative estimate of drug-likeness (QED) is 0.714. The van der Waals surface area contributed by atoms with Gasteiger partial charge >= 0.3 is 0 Å². The Balaban J connectivity index is 2.03. The number of hydrogen-bond acceptors (Lipinski definition) is 1. The molecule has 3 heteroatoms. The third kappa shape index (κ3) is 1.16. The molecule has 2 aromatic rings. The minimum atomic E-state index is -0.434. The van der Waals surface area contributed by atoms with E-state index in [9.17, 15) is 0 Å². The second-order valence-corrected chi connectivity index (χ2v) is 6.63. The Bertz CT molecular complexity index is 710. The van der Waals surface area contributed by atoms with Gasteiger partial charge in [-0.25, -0.2) is 0 Å². The molecule has 1 aromatic heterocycles. The summed E-state index contributed by atoms with van der Waals surface area (Å²) >= 11 is 0. The molecular weight excluding hydrogens is 240 g/mol. The van der Waals surface area contributed by atoms with Crippen molar-refractivity contribution in [2.24, 2.45) is 5.41 Å². The monoisotopic (exact) mass is 255 g/mol. The van der Waals surface area contributed by atoms with Crippen molar-refractivity contribution in [3.8, 4) is 11.3 Å². The van der Waals surface area contributed by atoms with Gasteiger partial charge in [-0.3, -0.25) is 4.98 Å². The maximum absolute atomic E-state index is 6.71. The fraction of sp³-hybridized carbons (Fsp3) is 0.353. The third-order valence-electron chi connectivity index (χ3n) is 5.64. The van der Waals surface area contributed by atoms with E-state index in [-0.39, 0.29) is 10.7 Å². The van der Waals surface area contributed by atoms with Crippen LogP contribution in [0.1, 0.15) is 31.4 Å². The molecule has 1 fully saturated rings. The van der Waals surface area contributed by atoms with Gasteiger partial charge in [0, 0.05) is 11.8 Å². The Morgan fingerprint density at radius 1 is 1.05 bits per heavy atom. The molecular formula is C17H15B2N. The first-order valence-corrected chi connectivity index (χ1v) is 7.05. The van der Waals surface area contributed by atoms with E-state index in [1.54, 1.807) is 0 Å². The highest BCUT2D eigenvalue weighted by Crippen LogP contribution is 2.76. The lowest BCUT2D eigenvalue weighted by atomic mass is 9.57. The van der Waals surface area contributed by atoms with E-state index in [1.807, 2.05) is 30.5 Å². The summed E-state index contributed by atoms with van der Waals surface area (Å²) in [6.45, 7) is 4.29. The zero-order valence-electron chi connectivity index (χ0n) is 11.9. The Hall–Kier alpha value is -1.50. The summed E-state index contributed by atoms with van der Waals surface area (Å²) in [7, 11) is 13.3. The number of rotatable bonds is 1. The zero-order valence-corrected chi connectivity index (χ0v) is 11.9. The Morgan fingerprint density at radius 2 is 1.75 bits per heavy atom. The van der Waals surface area contributed by atoms with Gasteiger partial charge in [-0.1, -0.05) is 44.2 Å². The maximum Gasteiger partial charge on any atom is 0.0818 e. The highest BCUT2D eigenvalue weighted by atomic mass is 14.8. The van der Waals surface area contributed by atoms with Gasteiger partial charge in [0.25, 0.3) is 0 Å². The van der Waals surface area contributed by atoms with Crippen LogP contribution in [0.25, 0.3) is 11.3 Å². The average Bonchev–Trinajstić information content (AvgIpc) is 3.00. The normalized spacial score (nSPS) is 37.3. The van der Waals surface area contributed by atoms with Crippen LogP contribution in [0.15, 0.2) is 42.6 Å². The number of hydrogen-bond donors (Lipinski definition) is 0. The van der Waals surface area contributed by atoms with Crippen molar-refractivity contribution >= 4 is 15.7 Å². The van der Waals surface area contributed by atoms with Crippen molar-refractivity contribution in [1.29, 1.82) is 0 Å². The van der Waals surface area contributed by atoms with Crippen LogP contribution in [0.4, 0.5) is 0 Å². The molecule has 1 nitrogen and oxygen atoms in total. The molecule has 0 spiro atoms. The zero-order chi connectivity index (χ0) is 14.2. The van der Waals surface area contributed by atoms with Crippen LogP contribution in [0.3, 0.4) is 0 Å². The van der Waals surface area contributed by atoms with E-state index in [4.69, 9.17) is 15.7 Å². The average molecular weight is 255 g/mol. The van der Waals surface area contributed by atoms with Crippen molar-refractivity contribution in [1.82, 2.24) is 4.98 Å². The molecule has 0 amide bonds. The summed E-state index contributed by atoms with van der Waals surface area (Å²) < 4.78 is 0. The predicted molar refractivity (Wildman–Crippen MR) is 82.9 cm³/mol. The fourth-order valence-electron chi connectivity index (χ4n) is 4.00. The summed E-state index contributed by atoms with van der Waals surface area (Å²) in [4.78, 5) is 4.60. The molecule has 3 atom stereocenters. The van der Waals surface area contributed by atoms with Crippen molar-refractivity contribution in [3.63, 3.8) is 0 Å². The largest absolute Gasteiger partial charge is 0.256 e. The number of aromatic nitrogens is 1. The predicted octanol–water partition coefficient (Wildman–Crippen LogP) is 2.92. The smallest absolute Gasteiger partial charge is 0.0818 e. The van der Waals surface area contributed by atoms with Gasteiger partial charge in [-0.15, -0.1) is 0 Å². The lowest BCUT2D eigenvalue weighted by molar-refractivity contribution is 0.416. The van der Waals surface area contributed by atoms with Crippen LogP contribution in [-0.4, -0.2) is 20.7 Å². The molecule has 4 rings (SSSR count). The van der Waals surface area contributed by atoms with E-state index in [1.165, 1.54) is 5.56 Å². The van der Waals surface area contributed by atoms with Gasteiger partial charge in [0.2, 0.25) is 0 Å². The van der Waals surface area contributed by atoms with E-state index in [2.05, 4.69) is 31.0 Å². The fourth-order valence-corrected chi connectivity index (χ4v) is 4.00. The lowest BCUT2D eigenvalue weighted by Crippen LogP contribution is -2.32. The first kappa shape index (κ1) is 12.3. The summed E-state index contributed by atoms with van der Waals surface area (Å²) in [5.41, 5.74) is 4.33. The Labute approximate surface area is 122 Å². The van der Waals surface area contributed by atoms with Crippen LogP contribution in [0, 0.1) is 5.41 Å². The van der Waals surface area contributed by atoms with Gasteiger partial charge in [0.1, 0.15) is 0 Å².